The Morgan fingerprint density at radius 1 is 1.27 bits per heavy atom. The van der Waals surface area contributed by atoms with E-state index >= 15 is 0 Å². The molecule has 0 aromatic heterocycles. The highest BCUT2D eigenvalue weighted by molar-refractivity contribution is 5.79. The Bertz CT molecular complexity index is 277. The summed E-state index contributed by atoms with van der Waals surface area (Å²) in [6.07, 6.45) is 5.51. The first-order valence-electron chi connectivity index (χ1n) is 5.59. The number of hydrogen-bond donors (Lipinski definition) is 1. The van der Waals surface area contributed by atoms with E-state index in [1.165, 1.54) is 19.3 Å². The van der Waals surface area contributed by atoms with E-state index in [-0.39, 0.29) is 12.6 Å². The Labute approximate surface area is 89.2 Å². The maximum Gasteiger partial charge on any atom is 0.306 e. The minimum Gasteiger partial charge on any atom is -0.456 e. The summed E-state index contributed by atoms with van der Waals surface area (Å²) < 4.78 is 4.76. The Morgan fingerprint density at radius 2 is 2.07 bits per heavy atom. The van der Waals surface area contributed by atoms with Gasteiger partial charge >= 0.3 is 5.97 Å². The lowest BCUT2D eigenvalue weighted by atomic mass is 9.86. The van der Waals surface area contributed by atoms with Gasteiger partial charge in [0.25, 0.3) is 5.91 Å². The smallest absolute Gasteiger partial charge is 0.306 e. The van der Waals surface area contributed by atoms with Crippen LogP contribution in [-0.2, 0) is 14.3 Å². The molecule has 84 valence electrons. The molecule has 15 heavy (non-hydrogen) atoms. The summed E-state index contributed by atoms with van der Waals surface area (Å²) in [6.45, 7) is -0.278. The van der Waals surface area contributed by atoms with Crippen LogP contribution in [0, 0.1) is 17.8 Å². The Morgan fingerprint density at radius 3 is 2.60 bits per heavy atom. The number of amides is 1. The molecule has 2 fully saturated rings. The number of carbonyl (C=O) groups is 2. The summed E-state index contributed by atoms with van der Waals surface area (Å²) in [5.41, 5.74) is 4.89. The lowest BCUT2D eigenvalue weighted by Crippen LogP contribution is -2.23. The number of hydrogen-bond acceptors (Lipinski definition) is 3. The third kappa shape index (κ3) is 2.49. The number of esters is 1. The average molecular weight is 211 g/mol. The predicted molar refractivity (Wildman–Crippen MR) is 53.7 cm³/mol. The number of ether oxygens (including phenoxy) is 1. The van der Waals surface area contributed by atoms with Crippen molar-refractivity contribution in [1.82, 2.24) is 0 Å². The van der Waals surface area contributed by atoms with Crippen LogP contribution in [0.5, 0.6) is 0 Å². The molecule has 3 atom stereocenters. The maximum absolute atomic E-state index is 11.3. The quantitative estimate of drug-likeness (QED) is 0.700. The predicted octanol–water partition coefficient (Wildman–Crippen LogP) is 0.841. The molecule has 2 saturated carbocycles. The van der Waals surface area contributed by atoms with Gasteiger partial charge in [0.05, 0.1) is 0 Å². The summed E-state index contributed by atoms with van der Waals surface area (Å²) in [4.78, 5) is 21.8. The van der Waals surface area contributed by atoms with Crippen LogP contribution in [0.4, 0.5) is 0 Å². The van der Waals surface area contributed by atoms with Gasteiger partial charge in [-0.15, -0.1) is 0 Å². The largest absolute Gasteiger partial charge is 0.456 e. The SMILES string of the molecule is NC(=O)COC(=O)C[C@H]1C[C@H]2CC[C@H]1C2. The second-order valence-corrected chi connectivity index (χ2v) is 4.77. The average Bonchev–Trinajstić information content (AvgIpc) is 2.76. The van der Waals surface area contributed by atoms with Gasteiger partial charge in [0.2, 0.25) is 0 Å². The molecule has 0 unspecified atom stereocenters. The van der Waals surface area contributed by atoms with E-state index in [1.54, 1.807) is 0 Å². The zero-order valence-corrected chi connectivity index (χ0v) is 8.78. The highest BCUT2D eigenvalue weighted by Gasteiger charge is 2.40. The van der Waals surface area contributed by atoms with E-state index < -0.39 is 5.91 Å². The number of primary amides is 1. The van der Waals surface area contributed by atoms with Crippen molar-refractivity contribution in [2.75, 3.05) is 6.61 Å². The van der Waals surface area contributed by atoms with Crippen LogP contribution in [0.2, 0.25) is 0 Å². The van der Waals surface area contributed by atoms with Gasteiger partial charge in [0.15, 0.2) is 6.61 Å². The van der Waals surface area contributed by atoms with Gasteiger partial charge in [0, 0.05) is 6.42 Å². The van der Waals surface area contributed by atoms with Crippen LogP contribution < -0.4 is 5.73 Å². The third-order valence-corrected chi connectivity index (χ3v) is 3.69. The Hall–Kier alpha value is -1.06. The minimum atomic E-state index is -0.587. The molecular formula is C11H17NO3. The molecule has 1 amide bonds. The van der Waals surface area contributed by atoms with Gasteiger partial charge in [-0.05, 0) is 37.0 Å². The number of nitrogens with two attached hydrogens (primary N) is 1. The maximum atomic E-state index is 11.3. The van der Waals surface area contributed by atoms with Crippen molar-refractivity contribution in [3.63, 3.8) is 0 Å². The van der Waals surface area contributed by atoms with E-state index in [0.717, 1.165) is 18.3 Å². The van der Waals surface area contributed by atoms with Gasteiger partial charge in [-0.2, -0.15) is 0 Å². The highest BCUT2D eigenvalue weighted by atomic mass is 16.5. The summed E-state index contributed by atoms with van der Waals surface area (Å²) >= 11 is 0. The summed E-state index contributed by atoms with van der Waals surface area (Å²) in [5, 5.41) is 0. The molecule has 0 aromatic carbocycles. The van der Waals surface area contributed by atoms with Crippen LogP contribution in [0.3, 0.4) is 0 Å². The lowest BCUT2D eigenvalue weighted by Gasteiger charge is -2.20. The monoisotopic (exact) mass is 211 g/mol. The molecule has 0 saturated heterocycles. The second kappa shape index (κ2) is 4.21. The molecule has 0 radical (unpaired) electrons. The molecule has 2 rings (SSSR count). The second-order valence-electron chi connectivity index (χ2n) is 4.77. The van der Waals surface area contributed by atoms with Gasteiger partial charge < -0.3 is 10.5 Å². The van der Waals surface area contributed by atoms with E-state index in [1.807, 2.05) is 0 Å². The zero-order valence-electron chi connectivity index (χ0n) is 8.78. The molecule has 0 spiro atoms. The molecule has 0 aromatic rings. The first kappa shape index (κ1) is 10.5. The van der Waals surface area contributed by atoms with Gasteiger partial charge in [-0.25, -0.2) is 0 Å². The van der Waals surface area contributed by atoms with Crippen molar-refractivity contribution < 1.29 is 14.3 Å². The molecule has 2 aliphatic carbocycles. The lowest BCUT2D eigenvalue weighted by molar-refractivity contribution is -0.149. The van der Waals surface area contributed by atoms with Crippen LogP contribution in [0.15, 0.2) is 0 Å². The standard InChI is InChI=1S/C11H17NO3/c12-10(13)6-15-11(14)5-9-4-7-1-2-8(9)3-7/h7-9H,1-6H2,(H2,12,13)/t7-,8-,9+/m0/s1. The molecule has 4 nitrogen and oxygen atoms in total. The minimum absolute atomic E-state index is 0.272. The number of carbonyl (C=O) groups excluding carboxylic acids is 2. The van der Waals surface area contributed by atoms with Crippen molar-refractivity contribution in [3.05, 3.63) is 0 Å². The van der Waals surface area contributed by atoms with Crippen LogP contribution in [-0.4, -0.2) is 18.5 Å². The number of fused-ring (bicyclic) bond motifs is 2. The van der Waals surface area contributed by atoms with Crippen molar-refractivity contribution >= 4 is 11.9 Å². The highest BCUT2D eigenvalue weighted by Crippen LogP contribution is 2.49. The van der Waals surface area contributed by atoms with E-state index in [0.29, 0.717) is 12.3 Å². The van der Waals surface area contributed by atoms with Gasteiger partial charge in [-0.1, -0.05) is 6.42 Å². The summed E-state index contributed by atoms with van der Waals surface area (Å²) in [5.74, 6) is 1.19. The van der Waals surface area contributed by atoms with Crippen molar-refractivity contribution in [2.24, 2.45) is 23.5 Å². The topological polar surface area (TPSA) is 69.4 Å². The van der Waals surface area contributed by atoms with Gasteiger partial charge in [-0.3, -0.25) is 9.59 Å². The Kier molecular flexibility index (Phi) is 2.93. The Balaban J connectivity index is 1.73. The normalized spacial score (nSPS) is 32.9. The van der Waals surface area contributed by atoms with Crippen LogP contribution in [0.25, 0.3) is 0 Å². The fraction of sp³-hybridized carbons (Fsp3) is 0.818. The molecule has 2 aliphatic rings. The third-order valence-electron chi connectivity index (χ3n) is 3.69. The first-order chi connectivity index (χ1) is 7.15. The molecule has 0 aliphatic heterocycles. The van der Waals surface area contributed by atoms with E-state index in [9.17, 15) is 9.59 Å². The molecule has 2 N–H and O–H groups in total. The molecule has 4 heteroatoms. The molecule has 2 bridgehead atoms. The van der Waals surface area contributed by atoms with E-state index in [2.05, 4.69) is 0 Å². The molecule has 0 heterocycles. The summed E-state index contributed by atoms with van der Waals surface area (Å²) in [7, 11) is 0. The van der Waals surface area contributed by atoms with Crippen molar-refractivity contribution in [1.29, 1.82) is 0 Å². The van der Waals surface area contributed by atoms with Crippen molar-refractivity contribution in [2.45, 2.75) is 32.1 Å². The van der Waals surface area contributed by atoms with Crippen LogP contribution >= 0.6 is 0 Å². The van der Waals surface area contributed by atoms with Crippen LogP contribution in [0.1, 0.15) is 32.1 Å². The summed E-state index contributed by atoms with van der Waals surface area (Å²) in [6, 6.07) is 0. The first-order valence-corrected chi connectivity index (χ1v) is 5.59. The van der Waals surface area contributed by atoms with Gasteiger partial charge in [0.1, 0.15) is 0 Å². The molecular weight excluding hydrogens is 194 g/mol. The fourth-order valence-corrected chi connectivity index (χ4v) is 3.05. The zero-order chi connectivity index (χ0) is 10.8. The fourth-order valence-electron chi connectivity index (χ4n) is 3.05. The number of rotatable bonds is 4. The van der Waals surface area contributed by atoms with E-state index in [4.69, 9.17) is 10.5 Å². The van der Waals surface area contributed by atoms with Crippen molar-refractivity contribution in [3.8, 4) is 0 Å².